The number of unbranched alkanes of at least 4 members (excludes halogenated alkanes) is 1. The van der Waals surface area contributed by atoms with E-state index in [4.69, 9.17) is 0 Å². The van der Waals surface area contributed by atoms with Crippen LogP contribution in [0.5, 0.6) is 0 Å². The Bertz CT molecular complexity index is 246. The maximum atomic E-state index is 3.71. The van der Waals surface area contributed by atoms with Crippen LogP contribution in [0.25, 0.3) is 0 Å². The Morgan fingerprint density at radius 2 is 2.27 bits per heavy atom. The molecule has 2 unspecified atom stereocenters. The first-order valence-electron chi connectivity index (χ1n) is 6.16. The number of likely N-dealkylation sites (tertiary alicyclic amines) is 1. The Morgan fingerprint density at radius 3 is 2.87 bits per heavy atom. The van der Waals surface area contributed by atoms with Gasteiger partial charge in [-0.2, -0.15) is 0 Å². The average molecular weight is 205 g/mol. The Morgan fingerprint density at radius 1 is 1.47 bits per heavy atom. The highest BCUT2D eigenvalue weighted by atomic mass is 15.2. The van der Waals surface area contributed by atoms with Gasteiger partial charge in [0.1, 0.15) is 0 Å². The Hall–Kier alpha value is -0.740. The summed E-state index contributed by atoms with van der Waals surface area (Å²) in [5.41, 5.74) is 0. The molecule has 0 aromatic heterocycles. The van der Waals surface area contributed by atoms with Crippen LogP contribution >= 0.6 is 0 Å². The summed E-state index contributed by atoms with van der Waals surface area (Å²) in [5, 5.41) is 0. The van der Waals surface area contributed by atoms with Crippen LogP contribution in [0.15, 0.2) is 12.7 Å². The summed E-state index contributed by atoms with van der Waals surface area (Å²) in [4.78, 5) is 2.56. The molecule has 0 radical (unpaired) electrons. The highest BCUT2D eigenvalue weighted by Gasteiger charge is 2.30. The van der Waals surface area contributed by atoms with Crippen LogP contribution in [0.1, 0.15) is 39.5 Å². The fourth-order valence-corrected chi connectivity index (χ4v) is 2.40. The van der Waals surface area contributed by atoms with Crippen LogP contribution in [-0.4, -0.2) is 24.0 Å². The molecule has 0 spiro atoms. The molecule has 0 amide bonds. The van der Waals surface area contributed by atoms with Gasteiger partial charge < -0.3 is 0 Å². The van der Waals surface area contributed by atoms with Crippen molar-refractivity contribution in [2.45, 2.75) is 45.6 Å². The molecule has 0 N–H and O–H groups in total. The van der Waals surface area contributed by atoms with E-state index in [1.54, 1.807) is 0 Å². The summed E-state index contributed by atoms with van der Waals surface area (Å²) in [6.45, 7) is 10.6. The summed E-state index contributed by atoms with van der Waals surface area (Å²) in [6.07, 6.45) is 6.43. The molecule has 84 valence electrons. The van der Waals surface area contributed by atoms with Crippen LogP contribution < -0.4 is 0 Å². The van der Waals surface area contributed by atoms with Crippen molar-refractivity contribution in [2.75, 3.05) is 13.1 Å². The number of hydrogen-bond donors (Lipinski definition) is 0. The summed E-state index contributed by atoms with van der Waals surface area (Å²) in [7, 11) is 0. The van der Waals surface area contributed by atoms with E-state index < -0.39 is 0 Å². The van der Waals surface area contributed by atoms with E-state index in [1.165, 1.54) is 25.9 Å². The van der Waals surface area contributed by atoms with Crippen molar-refractivity contribution < 1.29 is 0 Å². The number of nitrogens with zero attached hydrogens (tertiary/aromatic N) is 1. The maximum Gasteiger partial charge on any atom is 0.0370 e. The molecular formula is C14H23N. The lowest BCUT2D eigenvalue weighted by molar-refractivity contribution is 0.247. The zero-order chi connectivity index (χ0) is 11.1. The number of hydrogen-bond acceptors (Lipinski definition) is 1. The Labute approximate surface area is 94.5 Å². The minimum Gasteiger partial charge on any atom is -0.299 e. The second-order valence-electron chi connectivity index (χ2n) is 4.15. The lowest BCUT2D eigenvalue weighted by Crippen LogP contribution is -2.31. The topological polar surface area (TPSA) is 3.24 Å². The predicted molar refractivity (Wildman–Crippen MR) is 66.6 cm³/mol. The van der Waals surface area contributed by atoms with Crippen molar-refractivity contribution in [3.63, 3.8) is 0 Å². The van der Waals surface area contributed by atoms with Gasteiger partial charge in [-0.25, -0.2) is 0 Å². The van der Waals surface area contributed by atoms with Gasteiger partial charge in [-0.15, -0.1) is 12.5 Å². The van der Waals surface area contributed by atoms with Gasteiger partial charge in [-0.05, 0) is 32.4 Å². The zero-order valence-electron chi connectivity index (χ0n) is 10.1. The lowest BCUT2D eigenvalue weighted by Gasteiger charge is -2.23. The van der Waals surface area contributed by atoms with Gasteiger partial charge in [-0.1, -0.05) is 25.8 Å². The molecular weight excluding hydrogens is 182 g/mol. The van der Waals surface area contributed by atoms with E-state index in [1.807, 2.05) is 6.08 Å². The predicted octanol–water partition coefficient (Wildman–Crippen LogP) is 3.08. The van der Waals surface area contributed by atoms with Crippen molar-refractivity contribution in [1.29, 1.82) is 0 Å². The first kappa shape index (κ1) is 12.3. The van der Waals surface area contributed by atoms with Gasteiger partial charge in [0, 0.05) is 18.4 Å². The second kappa shape index (κ2) is 6.69. The summed E-state index contributed by atoms with van der Waals surface area (Å²) in [5.74, 6) is 7.34. The fourth-order valence-electron chi connectivity index (χ4n) is 2.40. The Balaban J connectivity index is 2.46. The highest BCUT2D eigenvalue weighted by Crippen LogP contribution is 2.25. The molecule has 1 saturated heterocycles. The van der Waals surface area contributed by atoms with Gasteiger partial charge in [-0.3, -0.25) is 4.90 Å². The quantitative estimate of drug-likeness (QED) is 0.387. The van der Waals surface area contributed by atoms with Crippen LogP contribution in [0.4, 0.5) is 0 Å². The van der Waals surface area contributed by atoms with Crippen molar-refractivity contribution in [3.05, 3.63) is 12.7 Å². The first-order valence-corrected chi connectivity index (χ1v) is 6.16. The molecule has 15 heavy (non-hydrogen) atoms. The molecule has 0 aromatic carbocycles. The van der Waals surface area contributed by atoms with Crippen LogP contribution in [0.3, 0.4) is 0 Å². The maximum absolute atomic E-state index is 3.71. The standard InChI is InChI=1S/C14H23N/c1-4-7-8-9-10-13-11-12-15(6-3)14(13)5-2/h4,13-14H,1,5-8,11-12H2,2-3H3. The van der Waals surface area contributed by atoms with Gasteiger partial charge in [0.15, 0.2) is 0 Å². The van der Waals surface area contributed by atoms with Crippen molar-refractivity contribution in [1.82, 2.24) is 4.90 Å². The summed E-state index contributed by atoms with van der Waals surface area (Å²) < 4.78 is 0. The number of rotatable bonds is 4. The van der Waals surface area contributed by atoms with E-state index >= 15 is 0 Å². The van der Waals surface area contributed by atoms with E-state index in [-0.39, 0.29) is 0 Å². The minimum atomic E-state index is 0.611. The zero-order valence-corrected chi connectivity index (χ0v) is 10.1. The molecule has 1 rings (SSSR count). The van der Waals surface area contributed by atoms with Crippen molar-refractivity contribution in [2.24, 2.45) is 5.92 Å². The van der Waals surface area contributed by atoms with E-state index in [0.29, 0.717) is 12.0 Å². The van der Waals surface area contributed by atoms with Gasteiger partial charge >= 0.3 is 0 Å². The monoisotopic (exact) mass is 205 g/mol. The van der Waals surface area contributed by atoms with E-state index in [9.17, 15) is 0 Å². The second-order valence-corrected chi connectivity index (χ2v) is 4.15. The van der Waals surface area contributed by atoms with E-state index in [2.05, 4.69) is 37.2 Å². The van der Waals surface area contributed by atoms with Crippen molar-refractivity contribution in [3.8, 4) is 11.8 Å². The summed E-state index contributed by atoms with van der Waals surface area (Å²) in [6, 6.07) is 0.700. The smallest absolute Gasteiger partial charge is 0.0370 e. The lowest BCUT2D eigenvalue weighted by atomic mass is 9.98. The molecule has 1 fully saturated rings. The third-order valence-electron chi connectivity index (χ3n) is 3.25. The third-order valence-corrected chi connectivity index (χ3v) is 3.25. The first-order chi connectivity index (χ1) is 7.33. The van der Waals surface area contributed by atoms with Gasteiger partial charge in [0.2, 0.25) is 0 Å². The SMILES string of the molecule is C=CCCC#CC1CCN(CC)C1CC. The minimum absolute atomic E-state index is 0.611. The molecule has 0 bridgehead atoms. The van der Waals surface area contributed by atoms with Crippen LogP contribution in [0.2, 0.25) is 0 Å². The molecule has 0 saturated carbocycles. The van der Waals surface area contributed by atoms with E-state index in [0.717, 1.165) is 12.8 Å². The van der Waals surface area contributed by atoms with Crippen LogP contribution in [0, 0.1) is 17.8 Å². The normalized spacial score (nSPS) is 26.0. The molecule has 1 nitrogen and oxygen atoms in total. The van der Waals surface area contributed by atoms with Crippen LogP contribution in [-0.2, 0) is 0 Å². The molecule has 2 atom stereocenters. The molecule has 0 aromatic rings. The van der Waals surface area contributed by atoms with Gasteiger partial charge in [0.25, 0.3) is 0 Å². The molecule has 1 aliphatic rings. The molecule has 1 aliphatic heterocycles. The Kier molecular flexibility index (Phi) is 5.50. The molecule has 1 heterocycles. The summed E-state index contributed by atoms with van der Waals surface area (Å²) >= 11 is 0. The van der Waals surface area contributed by atoms with Gasteiger partial charge in [0.05, 0.1) is 0 Å². The van der Waals surface area contributed by atoms with Crippen molar-refractivity contribution >= 4 is 0 Å². The average Bonchev–Trinajstić information content (AvgIpc) is 2.66. The number of allylic oxidation sites excluding steroid dienone is 1. The largest absolute Gasteiger partial charge is 0.299 e. The molecule has 0 aliphatic carbocycles. The fraction of sp³-hybridized carbons (Fsp3) is 0.714. The third kappa shape index (κ3) is 3.39. The molecule has 1 heteroatoms. The highest BCUT2D eigenvalue weighted by molar-refractivity contribution is 5.10.